The molecule has 0 heteroatoms. The maximum Gasteiger partial charge on any atom is -0.00168 e. The summed E-state index contributed by atoms with van der Waals surface area (Å²) in [5, 5.41) is 5.36. The van der Waals surface area contributed by atoms with Gasteiger partial charge in [-0.15, -0.1) is 0 Å². The Morgan fingerprint density at radius 2 is 1.18 bits per heavy atom. The minimum atomic E-state index is 0.984. The highest BCUT2D eigenvalue weighted by Crippen LogP contribution is 2.26. The van der Waals surface area contributed by atoms with E-state index in [1.807, 2.05) is 0 Å². The van der Waals surface area contributed by atoms with Gasteiger partial charge in [0.25, 0.3) is 0 Å². The van der Waals surface area contributed by atoms with Crippen molar-refractivity contribution in [2.24, 2.45) is 0 Å². The molecule has 0 spiro atoms. The van der Waals surface area contributed by atoms with Crippen LogP contribution >= 0.6 is 0 Å². The van der Waals surface area contributed by atoms with Crippen molar-refractivity contribution in [2.75, 3.05) is 0 Å². The van der Waals surface area contributed by atoms with E-state index in [1.165, 1.54) is 38.2 Å². The second-order valence-corrected chi connectivity index (χ2v) is 5.89. The molecule has 0 unspecified atom stereocenters. The van der Waals surface area contributed by atoms with Crippen molar-refractivity contribution in [1.29, 1.82) is 0 Å². The fourth-order valence-electron chi connectivity index (χ4n) is 3.32. The number of benzene rings is 4. The van der Waals surface area contributed by atoms with Gasteiger partial charge < -0.3 is 0 Å². The van der Waals surface area contributed by atoms with Crippen LogP contribution in [0.15, 0.2) is 78.9 Å². The average molecular weight is 282 g/mol. The summed E-state index contributed by atoms with van der Waals surface area (Å²) in [6.07, 6.45) is 0.984. The maximum atomic E-state index is 2.28. The van der Waals surface area contributed by atoms with E-state index in [1.54, 1.807) is 0 Å². The molecule has 106 valence electrons. The summed E-state index contributed by atoms with van der Waals surface area (Å²) in [6.45, 7) is 2.24. The van der Waals surface area contributed by atoms with E-state index in [0.29, 0.717) is 0 Å². The molecule has 0 amide bonds. The van der Waals surface area contributed by atoms with Crippen molar-refractivity contribution in [3.63, 3.8) is 0 Å². The fourth-order valence-corrected chi connectivity index (χ4v) is 3.32. The molecule has 0 aliphatic rings. The molecule has 0 aromatic heterocycles. The molecule has 4 rings (SSSR count). The van der Waals surface area contributed by atoms with Crippen LogP contribution in [0.4, 0.5) is 0 Å². The number of aryl methyl sites for hydroxylation is 1. The van der Waals surface area contributed by atoms with E-state index < -0.39 is 0 Å². The third-order valence-corrected chi connectivity index (χ3v) is 4.57. The molecule has 0 heterocycles. The summed E-state index contributed by atoms with van der Waals surface area (Å²) in [6, 6.07) is 28.4. The number of fused-ring (bicyclic) bond motifs is 2. The SMILES string of the molecule is Cc1c(Cc2cccc3ccccc23)ccc2ccccc12. The average Bonchev–Trinajstić information content (AvgIpc) is 2.58. The summed E-state index contributed by atoms with van der Waals surface area (Å²) in [4.78, 5) is 0. The largest absolute Gasteiger partial charge is 0.0616 e. The normalized spacial score (nSPS) is 11.1. The Morgan fingerprint density at radius 1 is 0.545 bits per heavy atom. The monoisotopic (exact) mass is 282 g/mol. The van der Waals surface area contributed by atoms with Gasteiger partial charge in [0, 0.05) is 0 Å². The van der Waals surface area contributed by atoms with Crippen molar-refractivity contribution in [2.45, 2.75) is 13.3 Å². The summed E-state index contributed by atoms with van der Waals surface area (Å²) in [7, 11) is 0. The molecular formula is C22H18. The van der Waals surface area contributed by atoms with Crippen LogP contribution in [-0.4, -0.2) is 0 Å². The Hall–Kier alpha value is -2.60. The quantitative estimate of drug-likeness (QED) is 0.430. The van der Waals surface area contributed by atoms with Gasteiger partial charge in [0.1, 0.15) is 0 Å². The van der Waals surface area contributed by atoms with Gasteiger partial charge >= 0.3 is 0 Å². The highest BCUT2D eigenvalue weighted by atomic mass is 14.1. The van der Waals surface area contributed by atoms with Gasteiger partial charge in [-0.2, -0.15) is 0 Å². The summed E-state index contributed by atoms with van der Waals surface area (Å²) >= 11 is 0. The lowest BCUT2D eigenvalue weighted by molar-refractivity contribution is 1.19. The zero-order valence-electron chi connectivity index (χ0n) is 12.7. The fraction of sp³-hybridized carbons (Fsp3) is 0.0909. The van der Waals surface area contributed by atoms with Gasteiger partial charge in [-0.05, 0) is 51.6 Å². The topological polar surface area (TPSA) is 0 Å². The molecule has 4 aromatic rings. The molecule has 0 bridgehead atoms. The molecule has 4 aromatic carbocycles. The van der Waals surface area contributed by atoms with Crippen molar-refractivity contribution >= 4 is 21.5 Å². The first-order valence-corrected chi connectivity index (χ1v) is 7.77. The lowest BCUT2D eigenvalue weighted by Crippen LogP contribution is -1.94. The molecule has 0 atom stereocenters. The Morgan fingerprint density at radius 3 is 2.00 bits per heavy atom. The van der Waals surface area contributed by atoms with Crippen molar-refractivity contribution < 1.29 is 0 Å². The molecule has 0 radical (unpaired) electrons. The Balaban J connectivity index is 1.84. The molecule has 0 saturated heterocycles. The third-order valence-electron chi connectivity index (χ3n) is 4.57. The number of hydrogen-bond donors (Lipinski definition) is 0. The number of rotatable bonds is 2. The first kappa shape index (κ1) is 13.1. The molecule has 0 saturated carbocycles. The summed E-state index contributed by atoms with van der Waals surface area (Å²) < 4.78 is 0. The van der Waals surface area contributed by atoms with Gasteiger partial charge in [-0.1, -0.05) is 78.9 Å². The molecule has 0 aliphatic carbocycles. The zero-order valence-corrected chi connectivity index (χ0v) is 12.7. The minimum absolute atomic E-state index is 0.984. The van der Waals surface area contributed by atoms with Crippen LogP contribution in [0.5, 0.6) is 0 Å². The van der Waals surface area contributed by atoms with E-state index in [-0.39, 0.29) is 0 Å². The molecular weight excluding hydrogens is 264 g/mol. The molecule has 0 aliphatic heterocycles. The Bertz CT molecular complexity index is 958. The van der Waals surface area contributed by atoms with Gasteiger partial charge in [-0.3, -0.25) is 0 Å². The second-order valence-electron chi connectivity index (χ2n) is 5.89. The second kappa shape index (κ2) is 5.31. The smallest absolute Gasteiger partial charge is 0.00168 e. The third kappa shape index (κ3) is 2.17. The van der Waals surface area contributed by atoms with Gasteiger partial charge in [-0.25, -0.2) is 0 Å². The highest BCUT2D eigenvalue weighted by Gasteiger charge is 2.06. The van der Waals surface area contributed by atoms with E-state index in [2.05, 4.69) is 85.8 Å². The molecule has 0 N–H and O–H groups in total. The highest BCUT2D eigenvalue weighted by molar-refractivity contribution is 5.88. The Kier molecular flexibility index (Phi) is 3.16. The molecule has 0 nitrogen and oxygen atoms in total. The van der Waals surface area contributed by atoms with E-state index in [0.717, 1.165) is 6.42 Å². The van der Waals surface area contributed by atoms with Crippen LogP contribution in [0.25, 0.3) is 21.5 Å². The van der Waals surface area contributed by atoms with Gasteiger partial charge in [0.15, 0.2) is 0 Å². The lowest BCUT2D eigenvalue weighted by atomic mass is 9.93. The zero-order chi connectivity index (χ0) is 14.9. The van der Waals surface area contributed by atoms with E-state index in [9.17, 15) is 0 Å². The van der Waals surface area contributed by atoms with E-state index in [4.69, 9.17) is 0 Å². The van der Waals surface area contributed by atoms with Crippen molar-refractivity contribution in [3.05, 3.63) is 95.6 Å². The summed E-state index contributed by atoms with van der Waals surface area (Å²) in [5.41, 5.74) is 4.21. The van der Waals surface area contributed by atoms with Gasteiger partial charge in [0.05, 0.1) is 0 Å². The predicted octanol–water partition coefficient (Wildman–Crippen LogP) is 5.89. The Labute approximate surface area is 131 Å². The van der Waals surface area contributed by atoms with Crippen LogP contribution in [0, 0.1) is 6.92 Å². The standard InChI is InChI=1S/C22H18/c1-16-19(14-13-18-8-2-4-11-21(16)18)15-20-10-6-9-17-7-3-5-12-22(17)20/h2-14H,15H2,1H3. The van der Waals surface area contributed by atoms with Crippen molar-refractivity contribution in [3.8, 4) is 0 Å². The van der Waals surface area contributed by atoms with E-state index >= 15 is 0 Å². The van der Waals surface area contributed by atoms with Crippen LogP contribution in [0.2, 0.25) is 0 Å². The molecule has 22 heavy (non-hydrogen) atoms. The predicted molar refractivity (Wildman–Crippen MR) is 95.4 cm³/mol. The van der Waals surface area contributed by atoms with Gasteiger partial charge in [0.2, 0.25) is 0 Å². The molecule has 0 fully saturated rings. The van der Waals surface area contributed by atoms with Crippen LogP contribution < -0.4 is 0 Å². The van der Waals surface area contributed by atoms with Crippen LogP contribution in [0.3, 0.4) is 0 Å². The maximum absolute atomic E-state index is 2.28. The van der Waals surface area contributed by atoms with Crippen LogP contribution in [-0.2, 0) is 6.42 Å². The summed E-state index contributed by atoms with van der Waals surface area (Å²) in [5.74, 6) is 0. The minimum Gasteiger partial charge on any atom is -0.0616 e. The first-order chi connectivity index (χ1) is 10.8. The van der Waals surface area contributed by atoms with Crippen LogP contribution in [0.1, 0.15) is 16.7 Å². The van der Waals surface area contributed by atoms with Crippen molar-refractivity contribution in [1.82, 2.24) is 0 Å². The number of hydrogen-bond acceptors (Lipinski definition) is 0. The lowest BCUT2D eigenvalue weighted by Gasteiger charge is -2.11. The first-order valence-electron chi connectivity index (χ1n) is 7.77.